The topological polar surface area (TPSA) is 54.9 Å². The number of hydrogen-bond acceptors (Lipinski definition) is 3. The second-order valence-electron chi connectivity index (χ2n) is 5.54. The van der Waals surface area contributed by atoms with Crippen LogP contribution in [-0.4, -0.2) is 52.5 Å². The lowest BCUT2D eigenvalue weighted by atomic mass is 9.89. The first-order valence-corrected chi connectivity index (χ1v) is 6.34. The van der Waals surface area contributed by atoms with Crippen LogP contribution in [0.4, 0.5) is 0 Å². The molecule has 0 aromatic rings. The quantitative estimate of drug-likeness (QED) is 0.415. The number of guanidine groups is 1. The molecule has 0 fully saturated rings. The second kappa shape index (κ2) is 10.7. The molecule has 0 rings (SSSR count). The average molecular weight is 387 g/mol. The minimum Gasteiger partial charge on any atom is -0.383 e. The van der Waals surface area contributed by atoms with Gasteiger partial charge < -0.3 is 20.1 Å². The highest BCUT2D eigenvalue weighted by Gasteiger charge is 2.24. The van der Waals surface area contributed by atoms with E-state index in [1.165, 1.54) is 0 Å². The third kappa shape index (κ3) is 9.45. The summed E-state index contributed by atoms with van der Waals surface area (Å²) >= 11 is 0. The maximum Gasteiger partial charge on any atom is 0.191 e. The van der Waals surface area contributed by atoms with Gasteiger partial charge in [0.1, 0.15) is 0 Å². The molecule has 5 nitrogen and oxygen atoms in total. The Hall–Kier alpha value is -0.0800. The lowest BCUT2D eigenvalue weighted by Crippen LogP contribution is -2.48. The normalized spacial score (nSPS) is 15.4. The van der Waals surface area contributed by atoms with Crippen LogP contribution in [-0.2, 0) is 9.47 Å². The fourth-order valence-corrected chi connectivity index (χ4v) is 1.65. The van der Waals surface area contributed by atoms with Gasteiger partial charge in [-0.15, -0.1) is 24.0 Å². The Kier molecular flexibility index (Phi) is 11.9. The van der Waals surface area contributed by atoms with E-state index in [1.54, 1.807) is 21.3 Å². The molecule has 0 spiro atoms. The fourth-order valence-electron chi connectivity index (χ4n) is 1.65. The van der Waals surface area contributed by atoms with Gasteiger partial charge in [-0.25, -0.2) is 0 Å². The molecule has 0 saturated heterocycles. The van der Waals surface area contributed by atoms with Gasteiger partial charge in [0.05, 0.1) is 12.7 Å². The predicted molar refractivity (Wildman–Crippen MR) is 91.5 cm³/mol. The van der Waals surface area contributed by atoms with Gasteiger partial charge in [-0.1, -0.05) is 20.8 Å². The van der Waals surface area contributed by atoms with Crippen LogP contribution in [0.5, 0.6) is 0 Å². The van der Waals surface area contributed by atoms with Gasteiger partial charge in [0, 0.05) is 33.9 Å². The number of hydrogen-bond donors (Lipinski definition) is 2. The summed E-state index contributed by atoms with van der Waals surface area (Å²) in [6.45, 7) is 9.90. The number of halogens is 1. The zero-order valence-corrected chi connectivity index (χ0v) is 15.6. The van der Waals surface area contributed by atoms with Crippen LogP contribution in [0, 0.1) is 5.41 Å². The van der Waals surface area contributed by atoms with Crippen LogP contribution in [0.3, 0.4) is 0 Å². The van der Waals surface area contributed by atoms with E-state index >= 15 is 0 Å². The van der Waals surface area contributed by atoms with Crippen molar-refractivity contribution < 1.29 is 9.47 Å². The molecule has 2 N–H and O–H groups in total. The van der Waals surface area contributed by atoms with Gasteiger partial charge in [0.2, 0.25) is 0 Å². The number of nitrogens with zero attached hydrogens (tertiary/aromatic N) is 1. The Bertz CT molecular complexity index is 255. The molecular weight excluding hydrogens is 357 g/mol. The van der Waals surface area contributed by atoms with Crippen molar-refractivity contribution in [1.82, 2.24) is 10.6 Å². The summed E-state index contributed by atoms with van der Waals surface area (Å²) in [7, 11) is 5.18. The number of methoxy groups -OCH3 is 2. The zero-order valence-electron chi connectivity index (χ0n) is 13.2. The lowest BCUT2D eigenvalue weighted by molar-refractivity contribution is 0.0204. The van der Waals surface area contributed by atoms with Crippen molar-refractivity contribution in [1.29, 1.82) is 0 Å². The zero-order chi connectivity index (χ0) is 14.2. The average Bonchev–Trinajstić information content (AvgIpc) is 2.26. The van der Waals surface area contributed by atoms with E-state index in [9.17, 15) is 0 Å². The van der Waals surface area contributed by atoms with Crippen LogP contribution in [0.1, 0.15) is 27.7 Å². The van der Waals surface area contributed by atoms with Gasteiger partial charge in [0.25, 0.3) is 0 Å². The van der Waals surface area contributed by atoms with Crippen molar-refractivity contribution in [3.63, 3.8) is 0 Å². The van der Waals surface area contributed by atoms with Gasteiger partial charge in [-0.2, -0.15) is 0 Å². The Balaban J connectivity index is 0. The number of rotatable bonds is 6. The predicted octanol–water partition coefficient (Wildman–Crippen LogP) is 1.87. The molecule has 0 amide bonds. The molecule has 0 aliphatic carbocycles. The lowest BCUT2D eigenvalue weighted by Gasteiger charge is -2.30. The fraction of sp³-hybridized carbons (Fsp3) is 0.923. The summed E-state index contributed by atoms with van der Waals surface area (Å²) in [6.07, 6.45) is 0.133. The molecule has 2 atom stereocenters. The van der Waals surface area contributed by atoms with Crippen molar-refractivity contribution in [3.05, 3.63) is 0 Å². The molecule has 2 unspecified atom stereocenters. The van der Waals surface area contributed by atoms with Gasteiger partial charge in [-0.05, 0) is 12.3 Å². The number of aliphatic imine (C=N–C) groups is 1. The van der Waals surface area contributed by atoms with Crippen molar-refractivity contribution in [3.8, 4) is 0 Å². The highest BCUT2D eigenvalue weighted by molar-refractivity contribution is 14.0. The number of ether oxygens (including phenoxy) is 2. The van der Waals surface area contributed by atoms with E-state index in [0.717, 1.165) is 12.5 Å². The Labute approximate surface area is 134 Å². The van der Waals surface area contributed by atoms with Gasteiger partial charge >= 0.3 is 0 Å². The van der Waals surface area contributed by atoms with Gasteiger partial charge in [-0.3, -0.25) is 4.99 Å². The van der Waals surface area contributed by atoms with Crippen LogP contribution < -0.4 is 10.6 Å². The summed E-state index contributed by atoms with van der Waals surface area (Å²) in [4.78, 5) is 4.18. The molecule has 0 bridgehead atoms. The third-order valence-electron chi connectivity index (χ3n) is 2.73. The minimum atomic E-state index is 0. The van der Waals surface area contributed by atoms with Crippen molar-refractivity contribution >= 4 is 29.9 Å². The molecule has 0 radical (unpaired) electrons. The molecule has 0 aliphatic heterocycles. The van der Waals surface area contributed by atoms with E-state index in [2.05, 4.69) is 36.4 Å². The number of nitrogens with one attached hydrogen (secondary N) is 2. The molecule has 0 saturated carbocycles. The van der Waals surface area contributed by atoms with Crippen LogP contribution in [0.2, 0.25) is 0 Å². The summed E-state index contributed by atoms with van der Waals surface area (Å²) in [5.74, 6) is 0.769. The molecule has 0 aliphatic rings. The molecule has 116 valence electrons. The summed E-state index contributed by atoms with van der Waals surface area (Å²) in [5.41, 5.74) is 0.0960. The minimum absolute atomic E-state index is 0. The summed E-state index contributed by atoms with van der Waals surface area (Å²) in [5, 5.41) is 6.53. The SMILES string of the molecule is CN=C(NCC(OC)C(C)(C)C)NC(C)COC.I. The molecule has 19 heavy (non-hydrogen) atoms. The highest BCUT2D eigenvalue weighted by atomic mass is 127. The Morgan fingerprint density at radius 1 is 1.26 bits per heavy atom. The van der Waals surface area contributed by atoms with Crippen molar-refractivity contribution in [2.24, 2.45) is 10.4 Å². The highest BCUT2D eigenvalue weighted by Crippen LogP contribution is 2.20. The van der Waals surface area contributed by atoms with Crippen molar-refractivity contribution in [2.75, 3.05) is 34.4 Å². The standard InChI is InChI=1S/C13H29N3O2.HI/c1-10(9-17-6)16-12(14-5)15-8-11(18-7)13(2,3)4;/h10-11H,8-9H2,1-7H3,(H2,14,15,16);1H. The van der Waals surface area contributed by atoms with E-state index in [1.807, 2.05) is 6.92 Å². The van der Waals surface area contributed by atoms with Crippen LogP contribution in [0.15, 0.2) is 4.99 Å². The van der Waals surface area contributed by atoms with E-state index < -0.39 is 0 Å². The van der Waals surface area contributed by atoms with Crippen LogP contribution in [0.25, 0.3) is 0 Å². The Morgan fingerprint density at radius 2 is 1.84 bits per heavy atom. The van der Waals surface area contributed by atoms with E-state index in [0.29, 0.717) is 6.61 Å². The third-order valence-corrected chi connectivity index (χ3v) is 2.73. The molecule has 6 heteroatoms. The van der Waals surface area contributed by atoms with Gasteiger partial charge in [0.15, 0.2) is 5.96 Å². The molecule has 0 aromatic heterocycles. The molecule has 0 aromatic carbocycles. The molecule has 0 heterocycles. The second-order valence-corrected chi connectivity index (χ2v) is 5.54. The summed E-state index contributed by atoms with van der Waals surface area (Å²) in [6, 6.07) is 0.219. The van der Waals surface area contributed by atoms with E-state index in [-0.39, 0.29) is 41.5 Å². The summed E-state index contributed by atoms with van der Waals surface area (Å²) < 4.78 is 10.6. The maximum absolute atomic E-state index is 5.49. The maximum atomic E-state index is 5.49. The first-order valence-electron chi connectivity index (χ1n) is 6.34. The van der Waals surface area contributed by atoms with Crippen molar-refractivity contribution in [2.45, 2.75) is 39.8 Å². The monoisotopic (exact) mass is 387 g/mol. The first-order chi connectivity index (χ1) is 8.35. The first kappa shape index (κ1) is 21.2. The largest absolute Gasteiger partial charge is 0.383 e. The Morgan fingerprint density at radius 3 is 2.21 bits per heavy atom. The van der Waals surface area contributed by atoms with E-state index in [4.69, 9.17) is 9.47 Å². The smallest absolute Gasteiger partial charge is 0.191 e. The van der Waals surface area contributed by atoms with Crippen LogP contribution >= 0.6 is 24.0 Å². The molecular formula is C13H30IN3O2.